The van der Waals surface area contributed by atoms with Crippen LogP contribution in [0.2, 0.25) is 0 Å². The lowest BCUT2D eigenvalue weighted by Gasteiger charge is -2.23. The minimum Gasteiger partial charge on any atom is -0.497 e. The van der Waals surface area contributed by atoms with Gasteiger partial charge in [0.05, 0.1) is 12.0 Å². The van der Waals surface area contributed by atoms with Gasteiger partial charge in [0.25, 0.3) is 5.91 Å². The lowest BCUT2D eigenvalue weighted by molar-refractivity contribution is 0.0981. The molecule has 1 N–H and O–H groups in total. The van der Waals surface area contributed by atoms with E-state index in [1.165, 1.54) is 0 Å². The monoisotopic (exact) mass is 464 g/mol. The quantitative estimate of drug-likeness (QED) is 0.565. The van der Waals surface area contributed by atoms with Crippen LogP contribution >= 0.6 is 0 Å². The Morgan fingerprint density at radius 2 is 1.82 bits per heavy atom. The highest BCUT2D eigenvalue weighted by atomic mass is 32.2. The molecule has 0 aromatic heterocycles. The maximum absolute atomic E-state index is 13.3. The molecular weight excluding hydrogens is 436 g/mol. The molecule has 7 heteroatoms. The van der Waals surface area contributed by atoms with Crippen molar-refractivity contribution in [2.24, 2.45) is 0 Å². The van der Waals surface area contributed by atoms with E-state index in [-0.39, 0.29) is 18.5 Å². The van der Waals surface area contributed by atoms with Crippen molar-refractivity contribution in [3.05, 3.63) is 89.0 Å². The molecular formula is C26H28N2O4S. The van der Waals surface area contributed by atoms with Crippen LogP contribution < -0.4 is 14.4 Å². The Kier molecular flexibility index (Phi) is 6.54. The molecule has 0 spiro atoms. The SMILES string of the molecule is CCc1ccccc1S(=O)(=O)NCc1ccc2c(c1)N(C(=O)c1ccc(OC)cc1)[C@@H](C)C2. The Morgan fingerprint density at radius 1 is 1.09 bits per heavy atom. The summed E-state index contributed by atoms with van der Waals surface area (Å²) in [6.07, 6.45) is 1.39. The molecule has 3 aromatic carbocycles. The number of ether oxygens (including phenoxy) is 1. The standard InChI is InChI=1S/C26H28N2O4S/c1-4-20-7-5-6-8-25(20)33(30,31)27-17-19-9-10-22-15-18(2)28(24(22)16-19)26(29)21-11-13-23(32-3)14-12-21/h5-14,16,18,27H,4,15,17H2,1-3H3/t18-/m0/s1. The van der Waals surface area contributed by atoms with Gasteiger partial charge in [-0.05, 0) is 72.9 Å². The molecule has 0 fully saturated rings. The first-order valence-electron chi connectivity index (χ1n) is 11.0. The maximum Gasteiger partial charge on any atom is 0.258 e. The number of methoxy groups -OCH3 is 1. The van der Waals surface area contributed by atoms with Gasteiger partial charge in [-0.3, -0.25) is 4.79 Å². The average molecular weight is 465 g/mol. The van der Waals surface area contributed by atoms with Gasteiger partial charge in [0, 0.05) is 23.8 Å². The van der Waals surface area contributed by atoms with Crippen molar-refractivity contribution < 1.29 is 17.9 Å². The minimum atomic E-state index is -3.65. The van der Waals surface area contributed by atoms with E-state index in [1.54, 1.807) is 48.4 Å². The smallest absolute Gasteiger partial charge is 0.258 e. The molecule has 1 heterocycles. The van der Waals surface area contributed by atoms with Gasteiger partial charge in [-0.15, -0.1) is 0 Å². The lowest BCUT2D eigenvalue weighted by atomic mass is 10.1. The lowest BCUT2D eigenvalue weighted by Crippen LogP contribution is -2.35. The normalized spacial score (nSPS) is 15.4. The van der Waals surface area contributed by atoms with Crippen LogP contribution in [0.25, 0.3) is 0 Å². The third kappa shape index (κ3) is 4.65. The van der Waals surface area contributed by atoms with Crippen molar-refractivity contribution in [2.75, 3.05) is 12.0 Å². The summed E-state index contributed by atoms with van der Waals surface area (Å²) >= 11 is 0. The van der Waals surface area contributed by atoms with Gasteiger partial charge in [0.1, 0.15) is 5.75 Å². The molecule has 0 bridgehead atoms. The van der Waals surface area contributed by atoms with E-state index < -0.39 is 10.0 Å². The first-order chi connectivity index (χ1) is 15.8. The summed E-state index contributed by atoms with van der Waals surface area (Å²) < 4.78 is 33.7. The van der Waals surface area contributed by atoms with Crippen molar-refractivity contribution in [2.45, 2.75) is 44.2 Å². The van der Waals surface area contributed by atoms with Gasteiger partial charge in [0.15, 0.2) is 0 Å². The number of fused-ring (bicyclic) bond motifs is 1. The van der Waals surface area contributed by atoms with Crippen LogP contribution in [-0.4, -0.2) is 27.5 Å². The van der Waals surface area contributed by atoms with E-state index in [9.17, 15) is 13.2 Å². The Balaban J connectivity index is 1.56. The summed E-state index contributed by atoms with van der Waals surface area (Å²) in [4.78, 5) is 15.4. The highest BCUT2D eigenvalue weighted by molar-refractivity contribution is 7.89. The van der Waals surface area contributed by atoms with Crippen molar-refractivity contribution >= 4 is 21.6 Å². The summed E-state index contributed by atoms with van der Waals surface area (Å²) in [5, 5.41) is 0. The molecule has 0 unspecified atom stereocenters. The van der Waals surface area contributed by atoms with Crippen LogP contribution in [0, 0.1) is 0 Å². The fourth-order valence-electron chi connectivity index (χ4n) is 4.26. The second-order valence-electron chi connectivity index (χ2n) is 8.21. The highest BCUT2D eigenvalue weighted by Crippen LogP contribution is 2.34. The van der Waals surface area contributed by atoms with Crippen LogP contribution in [0.3, 0.4) is 0 Å². The van der Waals surface area contributed by atoms with Crippen molar-refractivity contribution in [1.82, 2.24) is 4.72 Å². The van der Waals surface area contributed by atoms with E-state index in [0.29, 0.717) is 22.6 Å². The number of hydrogen-bond donors (Lipinski definition) is 1. The Morgan fingerprint density at radius 3 is 2.52 bits per heavy atom. The fraction of sp³-hybridized carbons (Fsp3) is 0.269. The molecule has 0 radical (unpaired) electrons. The Bertz CT molecular complexity index is 1270. The molecule has 3 aromatic rings. The van der Waals surface area contributed by atoms with E-state index in [4.69, 9.17) is 4.74 Å². The van der Waals surface area contributed by atoms with Gasteiger partial charge in [-0.2, -0.15) is 0 Å². The number of rotatable bonds is 7. The van der Waals surface area contributed by atoms with Crippen LogP contribution in [0.4, 0.5) is 5.69 Å². The summed E-state index contributed by atoms with van der Waals surface area (Å²) in [6.45, 7) is 4.10. The number of aryl methyl sites for hydroxylation is 1. The minimum absolute atomic E-state index is 0.0120. The molecule has 1 amide bonds. The van der Waals surface area contributed by atoms with Crippen LogP contribution in [0.15, 0.2) is 71.6 Å². The molecule has 1 aliphatic rings. The third-order valence-corrected chi connectivity index (χ3v) is 7.53. The number of nitrogens with zero attached hydrogens (tertiary/aromatic N) is 1. The fourth-order valence-corrected chi connectivity index (χ4v) is 5.59. The first kappa shape index (κ1) is 23.0. The molecule has 1 aliphatic heterocycles. The Hall–Kier alpha value is -3.16. The molecule has 4 rings (SSSR count). The topological polar surface area (TPSA) is 75.7 Å². The van der Waals surface area contributed by atoms with E-state index >= 15 is 0 Å². The highest BCUT2D eigenvalue weighted by Gasteiger charge is 2.32. The third-order valence-electron chi connectivity index (χ3n) is 6.03. The summed E-state index contributed by atoms with van der Waals surface area (Å²) in [5.74, 6) is 0.610. The predicted octanol–water partition coefficient (Wildman–Crippen LogP) is 4.33. The van der Waals surface area contributed by atoms with Gasteiger partial charge in [-0.1, -0.05) is 37.3 Å². The first-order valence-corrected chi connectivity index (χ1v) is 12.5. The number of carbonyl (C=O) groups is 1. The van der Waals surface area contributed by atoms with Gasteiger partial charge in [-0.25, -0.2) is 13.1 Å². The van der Waals surface area contributed by atoms with Gasteiger partial charge >= 0.3 is 0 Å². The number of carbonyl (C=O) groups excluding carboxylic acids is 1. The van der Waals surface area contributed by atoms with Crippen molar-refractivity contribution in [3.63, 3.8) is 0 Å². The molecule has 1 atom stereocenters. The van der Waals surface area contributed by atoms with Gasteiger partial charge in [0.2, 0.25) is 10.0 Å². The van der Waals surface area contributed by atoms with Crippen LogP contribution in [-0.2, 0) is 29.4 Å². The number of amides is 1. The number of hydrogen-bond acceptors (Lipinski definition) is 4. The van der Waals surface area contributed by atoms with Crippen molar-refractivity contribution in [1.29, 1.82) is 0 Å². The maximum atomic E-state index is 13.3. The predicted molar refractivity (Wildman–Crippen MR) is 129 cm³/mol. The zero-order chi connectivity index (χ0) is 23.6. The zero-order valence-corrected chi connectivity index (χ0v) is 19.9. The summed E-state index contributed by atoms with van der Waals surface area (Å²) in [5.41, 5.74) is 4.07. The molecule has 0 saturated heterocycles. The molecule has 0 saturated carbocycles. The number of nitrogens with one attached hydrogen (secondary N) is 1. The van der Waals surface area contributed by atoms with Gasteiger partial charge < -0.3 is 9.64 Å². The second-order valence-corrected chi connectivity index (χ2v) is 9.94. The Labute approximate surface area is 195 Å². The second kappa shape index (κ2) is 9.37. The molecule has 6 nitrogen and oxygen atoms in total. The summed E-state index contributed by atoms with van der Waals surface area (Å²) in [6, 6.07) is 19.9. The molecule has 0 aliphatic carbocycles. The molecule has 33 heavy (non-hydrogen) atoms. The number of benzene rings is 3. The zero-order valence-electron chi connectivity index (χ0n) is 19.0. The molecule has 172 valence electrons. The number of sulfonamides is 1. The summed E-state index contributed by atoms with van der Waals surface area (Å²) in [7, 11) is -2.06. The number of anilines is 1. The van der Waals surface area contributed by atoms with E-state index in [2.05, 4.69) is 4.72 Å². The van der Waals surface area contributed by atoms with E-state index in [0.717, 1.165) is 28.8 Å². The largest absolute Gasteiger partial charge is 0.497 e. The van der Waals surface area contributed by atoms with Crippen LogP contribution in [0.1, 0.15) is 40.9 Å². The average Bonchev–Trinajstić information content (AvgIpc) is 3.17. The van der Waals surface area contributed by atoms with E-state index in [1.807, 2.05) is 44.2 Å². The van der Waals surface area contributed by atoms with Crippen molar-refractivity contribution in [3.8, 4) is 5.75 Å². The van der Waals surface area contributed by atoms with Crippen LogP contribution in [0.5, 0.6) is 5.75 Å².